The van der Waals surface area contributed by atoms with Crippen molar-refractivity contribution in [2.75, 3.05) is 67.0 Å². The maximum absolute atomic E-state index is 14.6. The molecule has 0 spiro atoms. The summed E-state index contributed by atoms with van der Waals surface area (Å²) in [4.78, 5) is 164. The first-order valence-electron chi connectivity index (χ1n) is 34.8. The van der Waals surface area contributed by atoms with Gasteiger partial charge < -0.3 is 88.0 Å². The molecule has 14 N–H and O–H groups in total. The van der Waals surface area contributed by atoms with Crippen molar-refractivity contribution in [3.05, 3.63) is 65.7 Å². The summed E-state index contributed by atoms with van der Waals surface area (Å²) in [6, 6.07) is 3.43. The fourth-order valence-corrected chi connectivity index (χ4v) is 13.6. The number of nitrogens with two attached hydrogens (primary N) is 2. The first kappa shape index (κ1) is 86.7. The number of carbonyl (C=O) groups excluding carboxylic acids is 11. The van der Waals surface area contributed by atoms with Gasteiger partial charge in [-0.2, -0.15) is 0 Å². The molecule has 1 unspecified atom stereocenters. The molecule has 33 heteroatoms. The van der Waals surface area contributed by atoms with Gasteiger partial charge >= 0.3 is 19.8 Å². The van der Waals surface area contributed by atoms with E-state index >= 15 is 0 Å². The number of aliphatic hydroxyl groups excluding tert-OH is 1. The van der Waals surface area contributed by atoms with E-state index in [-0.39, 0.29) is 80.0 Å². The van der Waals surface area contributed by atoms with Gasteiger partial charge in [-0.25, -0.2) is 14.2 Å². The predicted octanol–water partition coefficient (Wildman–Crippen LogP) is 1.85. The van der Waals surface area contributed by atoms with Gasteiger partial charge in [-0.1, -0.05) is 111 Å². The summed E-state index contributed by atoms with van der Waals surface area (Å²) in [7, 11) is 3.32. The van der Waals surface area contributed by atoms with Gasteiger partial charge in [0.1, 0.15) is 36.3 Å². The van der Waals surface area contributed by atoms with Gasteiger partial charge in [-0.3, -0.25) is 57.1 Å². The number of rotatable bonds is 42. The van der Waals surface area contributed by atoms with Crippen molar-refractivity contribution in [2.45, 2.75) is 206 Å². The molecule has 16 atom stereocenters. The Morgan fingerprint density at radius 2 is 1.37 bits per heavy atom. The van der Waals surface area contributed by atoms with Crippen molar-refractivity contribution in [3.63, 3.8) is 0 Å². The number of amides is 11. The van der Waals surface area contributed by atoms with Gasteiger partial charge in [-0.15, -0.1) is 0 Å². The molecule has 2 saturated heterocycles. The molecule has 32 nitrogen and oxygen atoms in total. The third-order valence-corrected chi connectivity index (χ3v) is 19.4. The zero-order valence-electron chi connectivity index (χ0n) is 61.6. The lowest BCUT2D eigenvalue weighted by Gasteiger charge is -2.41. The van der Waals surface area contributed by atoms with Crippen LogP contribution in [0.3, 0.4) is 0 Å². The van der Waals surface area contributed by atoms with Crippen LogP contribution in [0.4, 0.5) is 10.5 Å². The third kappa shape index (κ3) is 25.9. The lowest BCUT2D eigenvalue weighted by molar-refractivity contribution is -0.148. The number of likely N-dealkylation sites (N-methyl/N-ethyl adjacent to an activating group) is 2. The Labute approximate surface area is 598 Å². The Balaban J connectivity index is 1.42. The number of nitrogens with one attached hydrogen (secondary N) is 8. The van der Waals surface area contributed by atoms with Gasteiger partial charge in [0.25, 0.3) is 0 Å². The minimum Gasteiger partial charge on any atom is -0.464 e. The van der Waals surface area contributed by atoms with Gasteiger partial charge in [0, 0.05) is 46.5 Å². The topological polar surface area (TPSA) is 449 Å². The minimum absolute atomic E-state index is 0.0186. The Kier molecular flexibility index (Phi) is 35.3. The van der Waals surface area contributed by atoms with Crippen molar-refractivity contribution in [1.82, 2.24) is 51.9 Å². The molecule has 2 fully saturated rings. The van der Waals surface area contributed by atoms with Crippen molar-refractivity contribution >= 4 is 78.7 Å². The maximum atomic E-state index is 14.6. The van der Waals surface area contributed by atoms with E-state index in [2.05, 4.69) is 42.5 Å². The number of hydrogen-bond donors (Lipinski definition) is 12. The zero-order valence-corrected chi connectivity index (χ0v) is 62.5. The monoisotopic (exact) mass is 1460 g/mol. The number of methoxy groups -OCH3 is 2. The van der Waals surface area contributed by atoms with E-state index in [0.29, 0.717) is 36.9 Å². The summed E-state index contributed by atoms with van der Waals surface area (Å²) < 4.78 is 42.2. The highest BCUT2D eigenvalue weighted by Crippen LogP contribution is 2.49. The largest absolute Gasteiger partial charge is 0.473 e. The van der Waals surface area contributed by atoms with Crippen molar-refractivity contribution in [2.24, 2.45) is 41.1 Å². The van der Waals surface area contributed by atoms with Crippen LogP contribution in [-0.4, -0.2) is 224 Å². The minimum atomic E-state index is -4.97. The number of ether oxygens (including phenoxy) is 3. The molecule has 4 rings (SSSR count). The van der Waals surface area contributed by atoms with Crippen LogP contribution >= 0.6 is 7.82 Å². The summed E-state index contributed by atoms with van der Waals surface area (Å²) in [5, 5.41) is 30.9. The van der Waals surface area contributed by atoms with Crippen LogP contribution in [0.5, 0.6) is 0 Å². The molecule has 2 heterocycles. The molecular formula is C69H112N13O19P. The number of cyclic esters (lactones) is 1. The summed E-state index contributed by atoms with van der Waals surface area (Å²) >= 11 is 0. The molecule has 0 aliphatic carbocycles. The summed E-state index contributed by atoms with van der Waals surface area (Å²) in [5.74, 6) is -8.19. The summed E-state index contributed by atoms with van der Waals surface area (Å²) in [6.45, 7) is 17.2. The summed E-state index contributed by atoms with van der Waals surface area (Å²) in [5.41, 5.74) is 12.1. The highest BCUT2D eigenvalue weighted by atomic mass is 31.2. The molecule has 0 radical (unpaired) electrons. The third-order valence-electron chi connectivity index (χ3n) is 18.4. The fourth-order valence-electron chi connectivity index (χ4n) is 12.7. The van der Waals surface area contributed by atoms with Crippen LogP contribution < -0.4 is 54.0 Å². The summed E-state index contributed by atoms with van der Waals surface area (Å²) in [6.07, 6.45) is -1.39. The van der Waals surface area contributed by atoms with Crippen LogP contribution in [-0.2, 0) is 82.4 Å². The molecule has 11 amide bonds. The van der Waals surface area contributed by atoms with Crippen LogP contribution in [0.15, 0.2) is 54.6 Å². The predicted molar refractivity (Wildman–Crippen MR) is 377 cm³/mol. The number of phosphoric ester groups is 1. The van der Waals surface area contributed by atoms with Crippen molar-refractivity contribution in [3.8, 4) is 0 Å². The number of phosphoric acid groups is 1. The molecular weight excluding hydrogens is 1350 g/mol. The number of aliphatic hydroxyl groups is 1. The Morgan fingerprint density at radius 1 is 0.745 bits per heavy atom. The number of likely N-dealkylation sites (tertiary alicyclic amines) is 1. The van der Waals surface area contributed by atoms with E-state index < -0.39 is 165 Å². The molecule has 0 bridgehead atoms. The molecule has 572 valence electrons. The van der Waals surface area contributed by atoms with E-state index in [1.165, 1.54) is 38.5 Å². The van der Waals surface area contributed by atoms with Crippen molar-refractivity contribution in [1.29, 1.82) is 0 Å². The standard InChI is InChI=1S/C69H112N13O19P/c1-16-41(8)58(81(13)67(92)56(39(4)5)79-66(91)57(40(6)7)80(11)12)52(97-14)35-54(85)82-32-21-25-51(82)59(98-15)42(9)61(86)73-43(10)60(45-22-18-17-19-23-45)101-102(95,96)100-37-44-26-28-46(29-27-44)74-63(88)48(24-20-31-72-69(71)94)76-65(90)55(38(2)3)78-64(89)50(36-83)77-62(87)47(70)34-53(84)75-49-30-33-99-68(49)93/h17-19,22-23,26-29,38-43,47-52,55-60,83H,16,20-21,24-25,30-37,70H2,1-15H3,(H,73,86)(H,74,88)(H,75,84)(H,76,90)(H,77,87)(H,78,89)(H,79,91)(H,95,96)(H3,71,72,94)/t41-,42+,43+,47-,48-,49-,50-,51-,52+,55-,56-,57-,58-,59+,60+/m0/s1. The Morgan fingerprint density at radius 3 is 1.92 bits per heavy atom. The van der Waals surface area contributed by atoms with Gasteiger partial charge in [-0.05, 0) is 93.6 Å². The second-order valence-corrected chi connectivity index (χ2v) is 28.9. The number of benzene rings is 2. The van der Waals surface area contributed by atoms with E-state index in [1.807, 2.05) is 60.5 Å². The molecule has 2 aromatic carbocycles. The van der Waals surface area contributed by atoms with E-state index in [4.69, 9.17) is 34.7 Å². The quantitative estimate of drug-likeness (QED) is 0.0256. The molecule has 2 aliphatic heterocycles. The molecule has 0 saturated carbocycles. The van der Waals surface area contributed by atoms with E-state index in [1.54, 1.807) is 74.9 Å². The van der Waals surface area contributed by atoms with E-state index in [9.17, 15) is 67.3 Å². The van der Waals surface area contributed by atoms with Crippen LogP contribution in [0.1, 0.15) is 138 Å². The van der Waals surface area contributed by atoms with Gasteiger partial charge in [0.15, 0.2) is 0 Å². The fraction of sp³-hybridized carbons (Fsp3) is 0.667. The van der Waals surface area contributed by atoms with Crippen LogP contribution in [0.25, 0.3) is 0 Å². The highest BCUT2D eigenvalue weighted by Gasteiger charge is 2.45. The molecule has 2 aliphatic rings. The van der Waals surface area contributed by atoms with Crippen LogP contribution in [0.2, 0.25) is 0 Å². The Hall–Kier alpha value is -7.68. The average molecular weight is 1460 g/mol. The lowest BCUT2D eigenvalue weighted by Crippen LogP contribution is -2.59. The maximum Gasteiger partial charge on any atom is 0.473 e. The van der Waals surface area contributed by atoms with Gasteiger partial charge in [0.05, 0.1) is 81.0 Å². The molecule has 102 heavy (non-hydrogen) atoms. The number of nitrogens with zero attached hydrogens (tertiary/aromatic N) is 3. The van der Waals surface area contributed by atoms with Crippen molar-refractivity contribution < 1.29 is 90.6 Å². The Bertz CT molecular complexity index is 3160. The number of primary amides is 1. The smallest absolute Gasteiger partial charge is 0.464 e. The second kappa shape index (κ2) is 41.6. The number of hydrogen-bond acceptors (Lipinski definition) is 20. The van der Waals surface area contributed by atoms with E-state index in [0.717, 1.165) is 0 Å². The number of esters is 1. The lowest BCUT2D eigenvalue weighted by atomic mass is 9.89. The molecule has 0 aromatic heterocycles. The number of anilines is 1. The van der Waals surface area contributed by atoms with Crippen LogP contribution in [0, 0.1) is 29.6 Å². The zero-order chi connectivity index (χ0) is 76.5. The number of urea groups is 1. The van der Waals surface area contributed by atoms with Gasteiger partial charge in [0.2, 0.25) is 53.2 Å². The first-order chi connectivity index (χ1) is 48.0. The average Bonchev–Trinajstić information content (AvgIpc) is 1.34. The first-order valence-corrected chi connectivity index (χ1v) is 36.3. The normalized spacial score (nSPS) is 19.0. The SMILES string of the molecule is CC[C@H](C)[C@@H]([C@@H](CC(=O)N1CCC[C@H]1[C@H](OC)[C@@H](C)C(=O)N[C@H](C)[C@@H](OP(=O)(O)OCc1ccc(NC(=O)[C@H](CCCNC(N)=O)NC(=O)[C@@H](NC(=O)[C@H](CO)NC(=O)[C@@H](N)CC(=O)N[C@H]2CCOC2=O)C(C)C)cc1)c1ccccc1)OC)N(C)C(=O)[C@@H](NC(=O)[C@H](C(C)C)N(C)C)C(C)C. The highest BCUT2D eigenvalue weighted by molar-refractivity contribution is 7.47. The second-order valence-electron chi connectivity index (χ2n) is 27.5. The molecule has 2 aromatic rings. The number of carbonyl (C=O) groups is 11.